The molecular weight excluding hydrogens is 463 g/mol. The summed E-state index contributed by atoms with van der Waals surface area (Å²) < 4.78 is 21.5. The second-order valence-corrected chi connectivity index (χ2v) is 7.62. The second kappa shape index (κ2) is 9.53. The van der Waals surface area contributed by atoms with Gasteiger partial charge in [0.25, 0.3) is 5.91 Å². The number of imidazole rings is 1. The van der Waals surface area contributed by atoms with Crippen LogP contribution in [-0.2, 0) is 13.1 Å². The molecule has 4 rings (SSSR count). The van der Waals surface area contributed by atoms with Crippen LogP contribution in [0.15, 0.2) is 84.0 Å². The molecule has 0 unspecified atom stereocenters. The number of pyridine rings is 1. The van der Waals surface area contributed by atoms with Gasteiger partial charge in [-0.3, -0.25) is 4.79 Å². The van der Waals surface area contributed by atoms with Gasteiger partial charge in [-0.1, -0.05) is 24.3 Å². The third-order valence-corrected chi connectivity index (χ3v) is 5.10. The molecule has 0 aliphatic carbocycles. The molecule has 0 saturated carbocycles. The molecule has 0 bridgehead atoms. The average molecular weight is 481 g/mol. The Morgan fingerprint density at radius 2 is 1.97 bits per heavy atom. The summed E-state index contributed by atoms with van der Waals surface area (Å²) in [5, 5.41) is 2.90. The predicted octanol–water partition coefficient (Wildman–Crippen LogP) is 4.95. The first-order chi connectivity index (χ1) is 15.1. The number of carbonyl (C=O) groups is 1. The van der Waals surface area contributed by atoms with Crippen molar-refractivity contribution in [1.82, 2.24) is 19.9 Å². The Kier molecular flexibility index (Phi) is 6.37. The molecule has 0 saturated heterocycles. The Balaban J connectivity index is 1.45. The minimum Gasteiger partial charge on any atom is -0.437 e. The highest BCUT2D eigenvalue weighted by molar-refractivity contribution is 9.10. The maximum Gasteiger partial charge on any atom is 0.257 e. The van der Waals surface area contributed by atoms with E-state index in [1.165, 1.54) is 24.4 Å². The average Bonchev–Trinajstić information content (AvgIpc) is 3.28. The van der Waals surface area contributed by atoms with Gasteiger partial charge < -0.3 is 14.6 Å². The van der Waals surface area contributed by atoms with Gasteiger partial charge in [-0.05, 0) is 57.4 Å². The SMILES string of the molecule is O=C(NCc1cccc(Cn2ccnc2)c1)c1cccnc1Oc1ccc(F)cc1Br. The summed E-state index contributed by atoms with van der Waals surface area (Å²) in [5.74, 6) is -0.211. The van der Waals surface area contributed by atoms with Crippen LogP contribution < -0.4 is 10.1 Å². The van der Waals surface area contributed by atoms with Crippen molar-refractivity contribution in [3.63, 3.8) is 0 Å². The number of hydrogen-bond donors (Lipinski definition) is 1. The van der Waals surface area contributed by atoms with Crippen LogP contribution in [0.5, 0.6) is 11.6 Å². The molecule has 0 aliphatic rings. The van der Waals surface area contributed by atoms with E-state index in [1.807, 2.05) is 35.0 Å². The van der Waals surface area contributed by atoms with Crippen LogP contribution in [0, 0.1) is 5.82 Å². The minimum atomic E-state index is -0.395. The normalized spacial score (nSPS) is 10.6. The van der Waals surface area contributed by atoms with Crippen LogP contribution in [0.3, 0.4) is 0 Å². The molecule has 1 N–H and O–H groups in total. The van der Waals surface area contributed by atoms with Gasteiger partial charge in [-0.15, -0.1) is 0 Å². The van der Waals surface area contributed by atoms with Crippen molar-refractivity contribution >= 4 is 21.8 Å². The van der Waals surface area contributed by atoms with Crippen molar-refractivity contribution in [3.8, 4) is 11.6 Å². The van der Waals surface area contributed by atoms with Crippen LogP contribution in [0.4, 0.5) is 4.39 Å². The molecule has 0 fully saturated rings. The maximum absolute atomic E-state index is 13.3. The molecule has 2 aromatic heterocycles. The fourth-order valence-corrected chi connectivity index (χ4v) is 3.45. The number of nitrogens with zero attached hydrogens (tertiary/aromatic N) is 3. The molecule has 0 radical (unpaired) electrons. The Hall–Kier alpha value is -3.52. The van der Waals surface area contributed by atoms with E-state index in [4.69, 9.17) is 4.74 Å². The largest absolute Gasteiger partial charge is 0.437 e. The van der Waals surface area contributed by atoms with Crippen molar-refractivity contribution in [2.75, 3.05) is 0 Å². The molecule has 0 atom stereocenters. The first kappa shape index (κ1) is 20.7. The van der Waals surface area contributed by atoms with Gasteiger partial charge in [0.2, 0.25) is 5.88 Å². The number of aromatic nitrogens is 3. The van der Waals surface area contributed by atoms with Gasteiger partial charge in [0.05, 0.1) is 10.8 Å². The van der Waals surface area contributed by atoms with E-state index < -0.39 is 5.82 Å². The fourth-order valence-electron chi connectivity index (χ4n) is 3.01. The summed E-state index contributed by atoms with van der Waals surface area (Å²) in [4.78, 5) is 21.0. The number of carbonyl (C=O) groups excluding carboxylic acids is 1. The standard InChI is InChI=1S/C23H18BrFN4O2/c24-20-12-18(25)6-7-21(20)31-23-19(5-2-8-27-23)22(30)28-13-16-3-1-4-17(11-16)14-29-10-9-26-15-29/h1-12,15H,13-14H2,(H,28,30). The third kappa shape index (κ3) is 5.35. The summed E-state index contributed by atoms with van der Waals surface area (Å²) in [6.07, 6.45) is 6.93. The Morgan fingerprint density at radius 3 is 2.77 bits per heavy atom. The zero-order valence-corrected chi connectivity index (χ0v) is 17.9. The highest BCUT2D eigenvalue weighted by Gasteiger charge is 2.15. The van der Waals surface area contributed by atoms with E-state index in [-0.39, 0.29) is 17.4 Å². The Labute approximate surface area is 186 Å². The molecule has 2 heterocycles. The number of nitrogens with one attached hydrogen (secondary N) is 1. The van der Waals surface area contributed by atoms with Crippen molar-refractivity contribution in [1.29, 1.82) is 0 Å². The van der Waals surface area contributed by atoms with Crippen LogP contribution in [-0.4, -0.2) is 20.4 Å². The predicted molar refractivity (Wildman–Crippen MR) is 117 cm³/mol. The summed E-state index contributed by atoms with van der Waals surface area (Å²) >= 11 is 3.26. The van der Waals surface area contributed by atoms with Crippen LogP contribution in [0.25, 0.3) is 0 Å². The molecule has 8 heteroatoms. The van der Waals surface area contributed by atoms with E-state index in [0.717, 1.165) is 11.1 Å². The monoisotopic (exact) mass is 480 g/mol. The summed E-state index contributed by atoms with van der Waals surface area (Å²) in [7, 11) is 0. The van der Waals surface area contributed by atoms with Gasteiger partial charge in [-0.25, -0.2) is 14.4 Å². The second-order valence-electron chi connectivity index (χ2n) is 6.77. The first-order valence-corrected chi connectivity index (χ1v) is 10.3. The molecule has 2 aromatic carbocycles. The quantitative estimate of drug-likeness (QED) is 0.406. The first-order valence-electron chi connectivity index (χ1n) is 9.48. The summed E-state index contributed by atoms with van der Waals surface area (Å²) in [6.45, 7) is 1.06. The lowest BCUT2D eigenvalue weighted by molar-refractivity contribution is 0.0948. The highest BCUT2D eigenvalue weighted by Crippen LogP contribution is 2.30. The van der Waals surface area contributed by atoms with E-state index >= 15 is 0 Å². The van der Waals surface area contributed by atoms with Crippen LogP contribution in [0.1, 0.15) is 21.5 Å². The Bertz CT molecular complexity index is 1200. The number of hydrogen-bond acceptors (Lipinski definition) is 4. The molecule has 31 heavy (non-hydrogen) atoms. The van der Waals surface area contributed by atoms with E-state index in [9.17, 15) is 9.18 Å². The van der Waals surface area contributed by atoms with Crippen molar-refractivity contribution in [3.05, 3.63) is 106 Å². The van der Waals surface area contributed by atoms with Crippen LogP contribution in [0.2, 0.25) is 0 Å². The van der Waals surface area contributed by atoms with Gasteiger partial charge in [0, 0.05) is 31.7 Å². The minimum absolute atomic E-state index is 0.140. The van der Waals surface area contributed by atoms with E-state index in [0.29, 0.717) is 23.3 Å². The summed E-state index contributed by atoms with van der Waals surface area (Å²) in [5.41, 5.74) is 2.36. The molecule has 1 amide bonds. The van der Waals surface area contributed by atoms with Crippen molar-refractivity contribution in [2.45, 2.75) is 13.1 Å². The van der Waals surface area contributed by atoms with E-state index in [2.05, 4.69) is 31.2 Å². The molecule has 0 aliphatic heterocycles. The lowest BCUT2D eigenvalue weighted by atomic mass is 10.1. The molecular formula is C23H18BrFN4O2. The molecule has 0 spiro atoms. The Morgan fingerprint density at radius 1 is 1.10 bits per heavy atom. The van der Waals surface area contributed by atoms with Crippen molar-refractivity contribution < 1.29 is 13.9 Å². The molecule has 156 valence electrons. The summed E-state index contributed by atoms with van der Waals surface area (Å²) in [6, 6.07) is 15.3. The van der Waals surface area contributed by atoms with Gasteiger partial charge in [0.1, 0.15) is 17.1 Å². The zero-order chi connectivity index (χ0) is 21.6. The lowest BCUT2D eigenvalue weighted by Crippen LogP contribution is -2.23. The zero-order valence-electron chi connectivity index (χ0n) is 16.3. The maximum atomic E-state index is 13.3. The van der Waals surface area contributed by atoms with Gasteiger partial charge >= 0.3 is 0 Å². The number of benzene rings is 2. The van der Waals surface area contributed by atoms with Gasteiger partial charge in [-0.2, -0.15) is 0 Å². The van der Waals surface area contributed by atoms with E-state index in [1.54, 1.807) is 24.7 Å². The fraction of sp³-hybridized carbons (Fsp3) is 0.0870. The molecule has 6 nitrogen and oxygen atoms in total. The third-order valence-electron chi connectivity index (χ3n) is 4.49. The topological polar surface area (TPSA) is 69.0 Å². The molecule has 4 aromatic rings. The van der Waals surface area contributed by atoms with Crippen LogP contribution >= 0.6 is 15.9 Å². The van der Waals surface area contributed by atoms with Crippen molar-refractivity contribution in [2.24, 2.45) is 0 Å². The number of rotatable bonds is 7. The highest BCUT2D eigenvalue weighted by atomic mass is 79.9. The number of ether oxygens (including phenoxy) is 1. The lowest BCUT2D eigenvalue weighted by Gasteiger charge is -2.12. The number of halogens is 2. The van der Waals surface area contributed by atoms with Gasteiger partial charge in [0.15, 0.2) is 0 Å². The smallest absolute Gasteiger partial charge is 0.257 e. The number of amides is 1.